The second kappa shape index (κ2) is 4.25. The van der Waals surface area contributed by atoms with Gasteiger partial charge in [0.1, 0.15) is 17.9 Å². The molecule has 0 saturated heterocycles. The minimum atomic E-state index is -1.08. The zero-order valence-corrected chi connectivity index (χ0v) is 9.17. The molecule has 0 saturated carbocycles. The van der Waals surface area contributed by atoms with Gasteiger partial charge in [0.2, 0.25) is 0 Å². The zero-order valence-electron chi connectivity index (χ0n) is 9.17. The van der Waals surface area contributed by atoms with E-state index in [-0.39, 0.29) is 5.69 Å². The van der Waals surface area contributed by atoms with E-state index < -0.39 is 18.4 Å². The maximum absolute atomic E-state index is 11.7. The van der Waals surface area contributed by atoms with Crippen molar-refractivity contribution in [1.82, 2.24) is 14.7 Å². The summed E-state index contributed by atoms with van der Waals surface area (Å²) in [6.45, 7) is 1.35. The molecule has 2 rings (SSSR count). The second-order valence-corrected chi connectivity index (χ2v) is 3.55. The number of imidazole rings is 1. The Kier molecular flexibility index (Phi) is 2.78. The number of carbonyl (C=O) groups excluding carboxylic acids is 1. The van der Waals surface area contributed by atoms with Crippen LogP contribution in [-0.2, 0) is 4.79 Å². The highest BCUT2D eigenvalue weighted by Gasteiger charge is 2.15. The number of aryl methyl sites for hydroxylation is 1. The average Bonchev–Trinajstić information content (AvgIpc) is 2.64. The molecule has 0 fully saturated rings. The Morgan fingerprint density at radius 3 is 2.88 bits per heavy atom. The molecule has 17 heavy (non-hydrogen) atoms. The summed E-state index contributed by atoms with van der Waals surface area (Å²) in [5.41, 5.74) is 1.59. The summed E-state index contributed by atoms with van der Waals surface area (Å²) in [5.74, 6) is -1.56. The molecule has 0 atom stereocenters. The molecular formula is C11H11N3O3. The first-order valence-electron chi connectivity index (χ1n) is 5.03. The Morgan fingerprint density at radius 1 is 1.47 bits per heavy atom. The van der Waals surface area contributed by atoms with Crippen LogP contribution in [0.15, 0.2) is 24.4 Å². The SMILES string of the molecule is Cc1c(C(=O)NCC(=O)O)nc2ccccn12. The first kappa shape index (κ1) is 11.1. The highest BCUT2D eigenvalue weighted by atomic mass is 16.4. The Bertz CT molecular complexity index is 589. The van der Waals surface area contributed by atoms with Gasteiger partial charge in [-0.15, -0.1) is 0 Å². The molecule has 88 valence electrons. The normalized spacial score (nSPS) is 10.4. The lowest BCUT2D eigenvalue weighted by molar-refractivity contribution is -0.135. The fourth-order valence-corrected chi connectivity index (χ4v) is 1.57. The van der Waals surface area contributed by atoms with Crippen LogP contribution in [0, 0.1) is 6.92 Å². The number of carboxylic acids is 1. The van der Waals surface area contributed by atoms with Crippen LogP contribution in [0.5, 0.6) is 0 Å². The maximum atomic E-state index is 11.7. The first-order chi connectivity index (χ1) is 8.09. The molecule has 0 aromatic carbocycles. The van der Waals surface area contributed by atoms with Crippen LogP contribution in [0.2, 0.25) is 0 Å². The molecule has 2 N–H and O–H groups in total. The number of fused-ring (bicyclic) bond motifs is 1. The smallest absolute Gasteiger partial charge is 0.322 e. The molecule has 6 nitrogen and oxygen atoms in total. The van der Waals surface area contributed by atoms with Crippen molar-refractivity contribution >= 4 is 17.5 Å². The molecule has 2 aromatic heterocycles. The van der Waals surface area contributed by atoms with Gasteiger partial charge in [-0.2, -0.15) is 0 Å². The van der Waals surface area contributed by atoms with Gasteiger partial charge < -0.3 is 14.8 Å². The average molecular weight is 233 g/mol. The molecule has 2 aromatic rings. The van der Waals surface area contributed by atoms with Gasteiger partial charge in [0.15, 0.2) is 0 Å². The number of aliphatic carboxylic acids is 1. The van der Waals surface area contributed by atoms with Crippen molar-refractivity contribution in [2.24, 2.45) is 0 Å². The van der Waals surface area contributed by atoms with Crippen LogP contribution in [-0.4, -0.2) is 32.9 Å². The van der Waals surface area contributed by atoms with E-state index in [9.17, 15) is 9.59 Å². The number of carbonyl (C=O) groups is 2. The van der Waals surface area contributed by atoms with Crippen LogP contribution in [0.1, 0.15) is 16.2 Å². The van der Waals surface area contributed by atoms with Crippen molar-refractivity contribution < 1.29 is 14.7 Å². The van der Waals surface area contributed by atoms with Crippen molar-refractivity contribution in [3.63, 3.8) is 0 Å². The summed E-state index contributed by atoms with van der Waals surface area (Å²) in [6.07, 6.45) is 1.80. The molecule has 6 heteroatoms. The third-order valence-corrected chi connectivity index (χ3v) is 2.38. The summed E-state index contributed by atoms with van der Waals surface area (Å²) in [7, 11) is 0. The summed E-state index contributed by atoms with van der Waals surface area (Å²) in [4.78, 5) is 26.2. The fourth-order valence-electron chi connectivity index (χ4n) is 1.57. The predicted octanol–water partition coefficient (Wildman–Crippen LogP) is 0.457. The molecule has 0 bridgehead atoms. The number of hydrogen-bond donors (Lipinski definition) is 2. The topological polar surface area (TPSA) is 83.7 Å². The van der Waals surface area contributed by atoms with Crippen LogP contribution in [0.25, 0.3) is 5.65 Å². The lowest BCUT2D eigenvalue weighted by atomic mass is 10.3. The van der Waals surface area contributed by atoms with E-state index in [1.165, 1.54) is 0 Å². The van der Waals surface area contributed by atoms with E-state index in [0.717, 1.165) is 0 Å². The highest BCUT2D eigenvalue weighted by Crippen LogP contribution is 2.10. The molecule has 2 heterocycles. The standard InChI is InChI=1S/C11H11N3O3/c1-7-10(11(17)12-6-9(15)16)13-8-4-2-3-5-14(7)8/h2-5H,6H2,1H3,(H,12,17)(H,15,16). The number of aromatic nitrogens is 2. The summed E-state index contributed by atoms with van der Waals surface area (Å²) >= 11 is 0. The summed E-state index contributed by atoms with van der Waals surface area (Å²) in [6, 6.07) is 5.43. The molecule has 0 unspecified atom stereocenters. The Balaban J connectivity index is 2.32. The van der Waals surface area contributed by atoms with Gasteiger partial charge in [0.25, 0.3) is 5.91 Å². The van der Waals surface area contributed by atoms with Gasteiger partial charge in [-0.25, -0.2) is 4.98 Å². The largest absolute Gasteiger partial charge is 0.480 e. The van der Waals surface area contributed by atoms with E-state index in [0.29, 0.717) is 11.3 Å². The lowest BCUT2D eigenvalue weighted by Gasteiger charge is -1.99. The fraction of sp³-hybridized carbons (Fsp3) is 0.182. The Hall–Kier alpha value is -2.37. The van der Waals surface area contributed by atoms with Gasteiger partial charge in [0, 0.05) is 6.20 Å². The first-order valence-corrected chi connectivity index (χ1v) is 5.03. The minimum Gasteiger partial charge on any atom is -0.480 e. The second-order valence-electron chi connectivity index (χ2n) is 3.55. The number of amides is 1. The molecule has 0 aliphatic carbocycles. The van der Waals surface area contributed by atoms with E-state index in [1.807, 2.05) is 12.1 Å². The highest BCUT2D eigenvalue weighted by molar-refractivity contribution is 5.95. The number of rotatable bonds is 3. The summed E-state index contributed by atoms with van der Waals surface area (Å²) in [5, 5.41) is 10.8. The van der Waals surface area contributed by atoms with Crippen LogP contribution < -0.4 is 5.32 Å². The Morgan fingerprint density at radius 2 is 2.24 bits per heavy atom. The maximum Gasteiger partial charge on any atom is 0.322 e. The van der Waals surface area contributed by atoms with Gasteiger partial charge in [-0.3, -0.25) is 9.59 Å². The molecule has 0 radical (unpaired) electrons. The number of nitrogens with one attached hydrogen (secondary N) is 1. The lowest BCUT2D eigenvalue weighted by Crippen LogP contribution is -2.30. The zero-order chi connectivity index (χ0) is 12.4. The van der Waals surface area contributed by atoms with Crippen molar-refractivity contribution in [2.75, 3.05) is 6.54 Å². The quantitative estimate of drug-likeness (QED) is 0.806. The number of pyridine rings is 1. The summed E-state index contributed by atoms with van der Waals surface area (Å²) < 4.78 is 1.77. The van der Waals surface area contributed by atoms with Crippen molar-refractivity contribution in [3.8, 4) is 0 Å². The van der Waals surface area contributed by atoms with Crippen LogP contribution in [0.4, 0.5) is 0 Å². The molecule has 1 amide bonds. The monoisotopic (exact) mass is 233 g/mol. The van der Waals surface area contributed by atoms with Gasteiger partial charge in [-0.1, -0.05) is 6.07 Å². The third-order valence-electron chi connectivity index (χ3n) is 2.38. The van der Waals surface area contributed by atoms with Crippen LogP contribution >= 0.6 is 0 Å². The molecule has 0 aliphatic heterocycles. The van der Waals surface area contributed by atoms with Crippen molar-refractivity contribution in [2.45, 2.75) is 6.92 Å². The van der Waals surface area contributed by atoms with E-state index in [1.54, 1.807) is 23.6 Å². The van der Waals surface area contributed by atoms with E-state index >= 15 is 0 Å². The van der Waals surface area contributed by atoms with E-state index in [4.69, 9.17) is 5.11 Å². The Labute approximate surface area is 96.9 Å². The van der Waals surface area contributed by atoms with Gasteiger partial charge in [-0.05, 0) is 19.1 Å². The van der Waals surface area contributed by atoms with Crippen LogP contribution in [0.3, 0.4) is 0 Å². The molecule has 0 aliphatic rings. The minimum absolute atomic E-state index is 0.248. The van der Waals surface area contributed by atoms with Crippen molar-refractivity contribution in [1.29, 1.82) is 0 Å². The van der Waals surface area contributed by atoms with E-state index in [2.05, 4.69) is 10.3 Å². The number of nitrogens with zero attached hydrogens (tertiary/aromatic N) is 2. The third kappa shape index (κ3) is 2.10. The number of carboxylic acid groups (broad SMARTS) is 1. The van der Waals surface area contributed by atoms with Gasteiger partial charge in [0.05, 0.1) is 5.69 Å². The molecular weight excluding hydrogens is 222 g/mol. The number of hydrogen-bond acceptors (Lipinski definition) is 3. The van der Waals surface area contributed by atoms with Gasteiger partial charge >= 0.3 is 5.97 Å². The van der Waals surface area contributed by atoms with Crippen molar-refractivity contribution in [3.05, 3.63) is 35.8 Å². The predicted molar refractivity (Wildman–Crippen MR) is 59.9 cm³/mol. The molecule has 0 spiro atoms.